The van der Waals surface area contributed by atoms with E-state index in [0.29, 0.717) is 18.1 Å². The summed E-state index contributed by atoms with van der Waals surface area (Å²) in [5.41, 5.74) is 6.88. The second-order valence-corrected chi connectivity index (χ2v) is 3.81. The van der Waals surface area contributed by atoms with Crippen LogP contribution in [0.4, 0.5) is 0 Å². The fourth-order valence-electron chi connectivity index (χ4n) is 1.46. The maximum atomic E-state index is 5.91. The lowest BCUT2D eigenvalue weighted by molar-refractivity contribution is 0.179. The van der Waals surface area contributed by atoms with E-state index in [-0.39, 0.29) is 6.04 Å². The van der Waals surface area contributed by atoms with Crippen LogP contribution in [-0.4, -0.2) is 26.9 Å². The van der Waals surface area contributed by atoms with Crippen LogP contribution in [0.25, 0.3) is 0 Å². The predicted molar refractivity (Wildman–Crippen MR) is 61.6 cm³/mol. The van der Waals surface area contributed by atoms with E-state index in [2.05, 4.69) is 0 Å². The van der Waals surface area contributed by atoms with Gasteiger partial charge in [-0.2, -0.15) is 0 Å². The number of hydrogen-bond acceptors (Lipinski definition) is 3. The summed E-state index contributed by atoms with van der Waals surface area (Å²) >= 11 is 5.91. The molecule has 0 aliphatic carbocycles. The molecule has 84 valence electrons. The average Bonchev–Trinajstić information content (AvgIpc) is 2.18. The molecule has 0 spiro atoms. The zero-order valence-corrected chi connectivity index (χ0v) is 9.75. The number of nitrogens with two attached hydrogens (primary N) is 1. The Bertz CT molecular complexity index is 317. The number of ether oxygens (including phenoxy) is 2. The molecule has 0 heterocycles. The van der Waals surface area contributed by atoms with Gasteiger partial charge in [-0.3, -0.25) is 0 Å². The van der Waals surface area contributed by atoms with Crippen LogP contribution < -0.4 is 10.5 Å². The van der Waals surface area contributed by atoms with Gasteiger partial charge in [0.05, 0.1) is 13.7 Å². The van der Waals surface area contributed by atoms with E-state index in [9.17, 15) is 0 Å². The fourth-order valence-corrected chi connectivity index (χ4v) is 1.66. The van der Waals surface area contributed by atoms with E-state index in [1.807, 2.05) is 12.1 Å². The summed E-state index contributed by atoms with van der Waals surface area (Å²) in [6.07, 6.45) is 0.692. The van der Waals surface area contributed by atoms with E-state index in [0.717, 1.165) is 11.3 Å². The van der Waals surface area contributed by atoms with Crippen molar-refractivity contribution in [2.75, 3.05) is 20.8 Å². The second kappa shape index (κ2) is 5.95. The van der Waals surface area contributed by atoms with Crippen molar-refractivity contribution < 1.29 is 9.47 Å². The molecule has 2 N–H and O–H groups in total. The highest BCUT2D eigenvalue weighted by atomic mass is 35.5. The van der Waals surface area contributed by atoms with Crippen molar-refractivity contribution in [1.82, 2.24) is 0 Å². The monoisotopic (exact) mass is 229 g/mol. The topological polar surface area (TPSA) is 44.5 Å². The van der Waals surface area contributed by atoms with Gasteiger partial charge in [0, 0.05) is 18.2 Å². The van der Waals surface area contributed by atoms with Gasteiger partial charge < -0.3 is 15.2 Å². The normalized spacial score (nSPS) is 12.5. The van der Waals surface area contributed by atoms with Gasteiger partial charge in [-0.05, 0) is 30.2 Å². The summed E-state index contributed by atoms with van der Waals surface area (Å²) in [5.74, 6) is 0.811. The molecule has 1 unspecified atom stereocenters. The summed E-state index contributed by atoms with van der Waals surface area (Å²) < 4.78 is 10.2. The Balaban J connectivity index is 2.77. The minimum absolute atomic E-state index is 0.0395. The number of hydrogen-bond donors (Lipinski definition) is 1. The quantitative estimate of drug-likeness (QED) is 0.839. The van der Waals surface area contributed by atoms with Crippen molar-refractivity contribution in [3.8, 4) is 5.75 Å². The Morgan fingerprint density at radius 1 is 1.40 bits per heavy atom. The number of benzene rings is 1. The van der Waals surface area contributed by atoms with E-state index >= 15 is 0 Å². The van der Waals surface area contributed by atoms with Crippen molar-refractivity contribution in [3.63, 3.8) is 0 Å². The molecular formula is C11H16ClNO2. The van der Waals surface area contributed by atoms with Gasteiger partial charge in [-0.15, -0.1) is 0 Å². The van der Waals surface area contributed by atoms with E-state index < -0.39 is 0 Å². The van der Waals surface area contributed by atoms with Crippen LogP contribution in [0.15, 0.2) is 18.2 Å². The molecule has 1 aromatic rings. The van der Waals surface area contributed by atoms with E-state index in [4.69, 9.17) is 26.8 Å². The summed E-state index contributed by atoms with van der Waals surface area (Å²) in [6.45, 7) is 0.523. The maximum absolute atomic E-state index is 5.91. The Kier molecular flexibility index (Phi) is 4.88. The Hall–Kier alpha value is -0.770. The van der Waals surface area contributed by atoms with Crippen LogP contribution >= 0.6 is 11.6 Å². The summed E-state index contributed by atoms with van der Waals surface area (Å²) in [4.78, 5) is 0. The molecule has 0 radical (unpaired) electrons. The summed E-state index contributed by atoms with van der Waals surface area (Å²) in [6, 6.07) is 5.47. The Labute approximate surface area is 95.1 Å². The third-order valence-electron chi connectivity index (χ3n) is 2.11. The van der Waals surface area contributed by atoms with Crippen molar-refractivity contribution in [2.24, 2.45) is 5.73 Å². The molecule has 1 atom stereocenters. The molecule has 0 bridgehead atoms. The Morgan fingerprint density at radius 3 is 2.73 bits per heavy atom. The molecule has 0 aliphatic heterocycles. The van der Waals surface area contributed by atoms with Crippen LogP contribution in [0.3, 0.4) is 0 Å². The van der Waals surface area contributed by atoms with Crippen LogP contribution in [0.2, 0.25) is 5.02 Å². The molecule has 0 saturated heterocycles. The molecule has 0 aromatic heterocycles. The fraction of sp³-hybridized carbons (Fsp3) is 0.455. The summed E-state index contributed by atoms with van der Waals surface area (Å²) in [7, 11) is 3.27. The van der Waals surface area contributed by atoms with Gasteiger partial charge in [-0.1, -0.05) is 11.6 Å². The van der Waals surface area contributed by atoms with Gasteiger partial charge >= 0.3 is 0 Å². The van der Waals surface area contributed by atoms with E-state index in [1.54, 1.807) is 20.3 Å². The number of methoxy groups -OCH3 is 2. The smallest absolute Gasteiger partial charge is 0.122 e. The third kappa shape index (κ3) is 3.70. The predicted octanol–water partition coefficient (Wildman–Crippen LogP) is 1.86. The zero-order chi connectivity index (χ0) is 11.3. The average molecular weight is 230 g/mol. The van der Waals surface area contributed by atoms with Crippen molar-refractivity contribution in [2.45, 2.75) is 12.5 Å². The van der Waals surface area contributed by atoms with E-state index in [1.165, 1.54) is 0 Å². The number of rotatable bonds is 5. The minimum atomic E-state index is -0.0395. The largest absolute Gasteiger partial charge is 0.496 e. The molecular weight excluding hydrogens is 214 g/mol. The van der Waals surface area contributed by atoms with Gasteiger partial charge in [0.1, 0.15) is 5.75 Å². The van der Waals surface area contributed by atoms with Crippen LogP contribution in [-0.2, 0) is 11.2 Å². The molecule has 15 heavy (non-hydrogen) atoms. The minimum Gasteiger partial charge on any atom is -0.496 e. The first-order valence-corrected chi connectivity index (χ1v) is 5.12. The Morgan fingerprint density at radius 2 is 2.13 bits per heavy atom. The van der Waals surface area contributed by atoms with Crippen LogP contribution in [0.1, 0.15) is 5.56 Å². The van der Waals surface area contributed by atoms with Crippen molar-refractivity contribution in [1.29, 1.82) is 0 Å². The van der Waals surface area contributed by atoms with Crippen molar-refractivity contribution in [3.05, 3.63) is 28.8 Å². The highest BCUT2D eigenvalue weighted by Crippen LogP contribution is 2.23. The number of halogens is 1. The molecule has 0 aliphatic rings. The van der Waals surface area contributed by atoms with Crippen LogP contribution in [0, 0.1) is 0 Å². The standard InChI is InChI=1S/C11H16ClNO2/c1-14-7-10(13)6-8-5-9(12)3-4-11(8)15-2/h3-5,10H,6-7,13H2,1-2H3. The SMILES string of the molecule is COCC(N)Cc1cc(Cl)ccc1OC. The second-order valence-electron chi connectivity index (χ2n) is 3.38. The highest BCUT2D eigenvalue weighted by molar-refractivity contribution is 6.30. The maximum Gasteiger partial charge on any atom is 0.122 e. The lowest BCUT2D eigenvalue weighted by Gasteiger charge is -2.13. The van der Waals surface area contributed by atoms with Gasteiger partial charge in [-0.25, -0.2) is 0 Å². The lowest BCUT2D eigenvalue weighted by atomic mass is 10.1. The van der Waals surface area contributed by atoms with Gasteiger partial charge in [0.2, 0.25) is 0 Å². The first kappa shape index (κ1) is 12.3. The summed E-state index contributed by atoms with van der Waals surface area (Å²) in [5, 5.41) is 0.690. The highest BCUT2D eigenvalue weighted by Gasteiger charge is 2.09. The molecule has 4 heteroatoms. The lowest BCUT2D eigenvalue weighted by Crippen LogP contribution is -2.28. The molecule has 3 nitrogen and oxygen atoms in total. The first-order chi connectivity index (χ1) is 7.17. The van der Waals surface area contributed by atoms with Crippen molar-refractivity contribution >= 4 is 11.6 Å². The zero-order valence-electron chi connectivity index (χ0n) is 9.00. The molecule has 0 fully saturated rings. The molecule has 0 saturated carbocycles. The molecule has 0 amide bonds. The van der Waals surface area contributed by atoms with Crippen LogP contribution in [0.5, 0.6) is 5.75 Å². The van der Waals surface area contributed by atoms with Gasteiger partial charge in [0.25, 0.3) is 0 Å². The molecule has 1 rings (SSSR count). The molecule has 1 aromatic carbocycles. The third-order valence-corrected chi connectivity index (χ3v) is 2.34. The van der Waals surface area contributed by atoms with Gasteiger partial charge in [0.15, 0.2) is 0 Å². The first-order valence-electron chi connectivity index (χ1n) is 4.74.